The first-order chi connectivity index (χ1) is 11.2. The molecule has 0 aliphatic carbocycles. The number of fused-ring (bicyclic) bond motifs is 1. The highest BCUT2D eigenvalue weighted by Gasteiger charge is 2.46. The van der Waals surface area contributed by atoms with Crippen LogP contribution in [0.3, 0.4) is 0 Å². The van der Waals surface area contributed by atoms with Gasteiger partial charge >= 0.3 is 6.18 Å². The molecular formula is C17H12F3NO3. The number of anilines is 1. The van der Waals surface area contributed by atoms with Crippen molar-refractivity contribution in [2.45, 2.75) is 18.2 Å². The van der Waals surface area contributed by atoms with Crippen LogP contribution in [0, 0.1) is 0 Å². The van der Waals surface area contributed by atoms with Crippen LogP contribution >= 0.6 is 0 Å². The topological polar surface area (TPSA) is 66.4 Å². The summed E-state index contributed by atoms with van der Waals surface area (Å²) < 4.78 is 37.6. The average molecular weight is 335 g/mol. The highest BCUT2D eigenvalue weighted by Crippen LogP contribution is 2.39. The van der Waals surface area contributed by atoms with Gasteiger partial charge in [0.1, 0.15) is 0 Å². The second kappa shape index (κ2) is 5.45. The third-order valence-electron chi connectivity index (χ3n) is 3.95. The fourth-order valence-corrected chi connectivity index (χ4v) is 2.66. The monoisotopic (exact) mass is 335 g/mol. The Balaban J connectivity index is 1.86. The lowest BCUT2D eigenvalue weighted by atomic mass is 9.88. The standard InChI is InChI=1S/C17H12F3NO3/c18-17(19,20)11-7-5-10(6-8-11)14(22)9-16(24)12-3-1-2-4-13(12)21-15(16)23/h1-8,24H,9H2,(H,21,23). The van der Waals surface area contributed by atoms with E-state index in [0.717, 1.165) is 24.3 Å². The van der Waals surface area contributed by atoms with E-state index in [1.165, 1.54) is 6.07 Å². The largest absolute Gasteiger partial charge is 0.416 e. The van der Waals surface area contributed by atoms with Gasteiger partial charge in [0, 0.05) is 16.8 Å². The Labute approximate surface area is 134 Å². The van der Waals surface area contributed by atoms with Crippen molar-refractivity contribution in [1.29, 1.82) is 0 Å². The van der Waals surface area contributed by atoms with Crippen LogP contribution in [0.15, 0.2) is 48.5 Å². The molecule has 2 N–H and O–H groups in total. The van der Waals surface area contributed by atoms with Crippen LogP contribution in [0.25, 0.3) is 0 Å². The summed E-state index contributed by atoms with van der Waals surface area (Å²) in [6.45, 7) is 0. The Bertz CT molecular complexity index is 815. The number of nitrogens with one attached hydrogen (secondary N) is 1. The minimum atomic E-state index is -4.50. The van der Waals surface area contributed by atoms with Crippen molar-refractivity contribution in [3.8, 4) is 0 Å². The number of hydrogen-bond donors (Lipinski definition) is 2. The molecule has 0 saturated heterocycles. The molecule has 2 aromatic carbocycles. The Morgan fingerprint density at radius 2 is 1.71 bits per heavy atom. The van der Waals surface area contributed by atoms with Crippen molar-refractivity contribution in [1.82, 2.24) is 0 Å². The molecular weight excluding hydrogens is 323 g/mol. The van der Waals surface area contributed by atoms with Gasteiger partial charge in [0.25, 0.3) is 5.91 Å². The summed E-state index contributed by atoms with van der Waals surface area (Å²) in [5.74, 6) is -1.36. The molecule has 0 fully saturated rings. The van der Waals surface area contributed by atoms with Crippen LogP contribution in [0.5, 0.6) is 0 Å². The number of amides is 1. The number of hydrogen-bond acceptors (Lipinski definition) is 3. The van der Waals surface area contributed by atoms with Gasteiger partial charge in [-0.1, -0.05) is 30.3 Å². The van der Waals surface area contributed by atoms with Gasteiger partial charge in [-0.2, -0.15) is 13.2 Å². The molecule has 1 unspecified atom stereocenters. The molecule has 0 spiro atoms. The van der Waals surface area contributed by atoms with Gasteiger partial charge in [-0.15, -0.1) is 0 Å². The molecule has 0 radical (unpaired) electrons. The fourth-order valence-electron chi connectivity index (χ4n) is 2.66. The van der Waals surface area contributed by atoms with Crippen molar-refractivity contribution in [3.63, 3.8) is 0 Å². The Morgan fingerprint density at radius 1 is 1.08 bits per heavy atom. The molecule has 3 rings (SSSR count). The lowest BCUT2D eigenvalue weighted by Crippen LogP contribution is -2.36. The molecule has 1 aliphatic heterocycles. The third-order valence-corrected chi connectivity index (χ3v) is 3.95. The second-order valence-corrected chi connectivity index (χ2v) is 5.54. The zero-order chi connectivity index (χ0) is 17.5. The number of alkyl halides is 3. The quantitative estimate of drug-likeness (QED) is 0.847. The molecule has 1 atom stereocenters. The number of ketones is 1. The van der Waals surface area contributed by atoms with E-state index in [1.807, 2.05) is 0 Å². The number of carbonyl (C=O) groups is 2. The highest BCUT2D eigenvalue weighted by molar-refractivity contribution is 6.09. The average Bonchev–Trinajstić information content (AvgIpc) is 2.78. The molecule has 4 nitrogen and oxygen atoms in total. The maximum Gasteiger partial charge on any atom is 0.416 e. The van der Waals surface area contributed by atoms with Crippen LogP contribution < -0.4 is 5.32 Å². The predicted octanol–water partition coefficient (Wildman–Crippen LogP) is 3.12. The number of Topliss-reactive ketones (excluding diaryl/α,β-unsaturated/α-hetero) is 1. The molecule has 1 amide bonds. The molecule has 1 heterocycles. The summed E-state index contributed by atoms with van der Waals surface area (Å²) in [6.07, 6.45) is -5.05. The van der Waals surface area contributed by atoms with E-state index in [9.17, 15) is 27.9 Å². The Morgan fingerprint density at radius 3 is 2.33 bits per heavy atom. The fraction of sp³-hybridized carbons (Fsp3) is 0.176. The summed E-state index contributed by atoms with van der Waals surface area (Å²) >= 11 is 0. The molecule has 7 heteroatoms. The van der Waals surface area contributed by atoms with E-state index < -0.39 is 35.5 Å². The number of benzene rings is 2. The molecule has 0 saturated carbocycles. The van der Waals surface area contributed by atoms with Gasteiger partial charge in [0.2, 0.25) is 0 Å². The third kappa shape index (κ3) is 2.67. The highest BCUT2D eigenvalue weighted by atomic mass is 19.4. The van der Waals surface area contributed by atoms with Crippen LogP contribution in [0.2, 0.25) is 0 Å². The first kappa shape index (κ1) is 16.2. The van der Waals surface area contributed by atoms with Gasteiger partial charge < -0.3 is 10.4 Å². The summed E-state index contributed by atoms with van der Waals surface area (Å²) in [5.41, 5.74) is -2.23. The number of aliphatic hydroxyl groups is 1. The van der Waals surface area contributed by atoms with Gasteiger partial charge in [-0.05, 0) is 18.2 Å². The molecule has 0 aromatic heterocycles. The first-order valence-corrected chi connectivity index (χ1v) is 7.05. The molecule has 24 heavy (non-hydrogen) atoms. The van der Waals surface area contributed by atoms with Gasteiger partial charge in [-0.25, -0.2) is 0 Å². The normalized spacial score (nSPS) is 19.8. The van der Waals surface area contributed by atoms with Crippen LogP contribution in [-0.4, -0.2) is 16.8 Å². The van der Waals surface area contributed by atoms with Crippen LogP contribution in [0.4, 0.5) is 18.9 Å². The van der Waals surface area contributed by atoms with Crippen molar-refractivity contribution < 1.29 is 27.9 Å². The Hall–Kier alpha value is -2.67. The summed E-state index contributed by atoms with van der Waals surface area (Å²) in [6, 6.07) is 10.1. The summed E-state index contributed by atoms with van der Waals surface area (Å²) in [5, 5.41) is 13.1. The molecule has 124 valence electrons. The first-order valence-electron chi connectivity index (χ1n) is 7.05. The van der Waals surface area contributed by atoms with Gasteiger partial charge in [0.05, 0.1) is 12.0 Å². The maximum absolute atomic E-state index is 12.5. The Kier molecular flexibility index (Phi) is 3.68. The lowest BCUT2D eigenvalue weighted by Gasteiger charge is -2.20. The van der Waals surface area contributed by atoms with E-state index in [-0.39, 0.29) is 11.1 Å². The number of halogens is 3. The molecule has 1 aliphatic rings. The minimum Gasteiger partial charge on any atom is -0.375 e. The van der Waals surface area contributed by atoms with E-state index in [0.29, 0.717) is 5.69 Å². The van der Waals surface area contributed by atoms with Gasteiger partial charge in [0.15, 0.2) is 11.4 Å². The summed E-state index contributed by atoms with van der Waals surface area (Å²) in [7, 11) is 0. The van der Waals surface area contributed by atoms with Crippen molar-refractivity contribution in [2.75, 3.05) is 5.32 Å². The van der Waals surface area contributed by atoms with E-state index >= 15 is 0 Å². The predicted molar refractivity (Wildman–Crippen MR) is 79.4 cm³/mol. The number of para-hydroxylation sites is 1. The zero-order valence-corrected chi connectivity index (χ0v) is 12.2. The smallest absolute Gasteiger partial charge is 0.375 e. The lowest BCUT2D eigenvalue weighted by molar-refractivity contribution is -0.137. The van der Waals surface area contributed by atoms with E-state index in [2.05, 4.69) is 5.32 Å². The van der Waals surface area contributed by atoms with Crippen LogP contribution in [-0.2, 0) is 16.6 Å². The minimum absolute atomic E-state index is 0.00592. The molecule has 0 bridgehead atoms. The number of rotatable bonds is 3. The van der Waals surface area contributed by atoms with Crippen molar-refractivity contribution in [2.24, 2.45) is 0 Å². The zero-order valence-electron chi connectivity index (χ0n) is 12.2. The second-order valence-electron chi connectivity index (χ2n) is 5.54. The van der Waals surface area contributed by atoms with Crippen molar-refractivity contribution >= 4 is 17.4 Å². The summed E-state index contributed by atoms with van der Waals surface area (Å²) in [4.78, 5) is 24.3. The van der Waals surface area contributed by atoms with Crippen molar-refractivity contribution in [3.05, 3.63) is 65.2 Å². The van der Waals surface area contributed by atoms with E-state index in [1.54, 1.807) is 18.2 Å². The number of carbonyl (C=O) groups excluding carboxylic acids is 2. The SMILES string of the molecule is O=C(CC1(O)C(=O)Nc2ccccc21)c1ccc(C(F)(F)F)cc1. The molecule has 2 aromatic rings. The van der Waals surface area contributed by atoms with Crippen LogP contribution in [0.1, 0.15) is 27.9 Å². The van der Waals surface area contributed by atoms with E-state index in [4.69, 9.17) is 0 Å². The maximum atomic E-state index is 12.5. The van der Waals surface area contributed by atoms with Gasteiger partial charge in [-0.3, -0.25) is 9.59 Å².